The number of nitrogens with zero attached hydrogens (tertiary/aromatic N) is 1. The summed E-state index contributed by atoms with van der Waals surface area (Å²) in [6.07, 6.45) is 7.37. The van der Waals surface area contributed by atoms with Gasteiger partial charge < -0.3 is 5.32 Å². The first-order chi connectivity index (χ1) is 8.50. The highest BCUT2D eigenvalue weighted by molar-refractivity contribution is 7.88. The van der Waals surface area contributed by atoms with Gasteiger partial charge in [0.2, 0.25) is 10.0 Å². The lowest BCUT2D eigenvalue weighted by atomic mass is 9.90. The summed E-state index contributed by atoms with van der Waals surface area (Å²) in [5.41, 5.74) is 0. The first-order valence-electron chi connectivity index (χ1n) is 7.19. The summed E-state index contributed by atoms with van der Waals surface area (Å²) in [7, 11) is -3.00. The van der Waals surface area contributed by atoms with Gasteiger partial charge in [-0.3, -0.25) is 0 Å². The summed E-state index contributed by atoms with van der Waals surface area (Å²) in [5, 5.41) is 3.58. The second kappa shape index (κ2) is 5.88. The van der Waals surface area contributed by atoms with Crippen LogP contribution in [-0.4, -0.2) is 44.7 Å². The number of sulfonamides is 1. The van der Waals surface area contributed by atoms with Crippen molar-refractivity contribution in [3.05, 3.63) is 0 Å². The molecule has 5 heteroatoms. The van der Waals surface area contributed by atoms with E-state index in [2.05, 4.69) is 12.2 Å². The second-order valence-electron chi connectivity index (χ2n) is 5.87. The third kappa shape index (κ3) is 3.93. The first-order valence-corrected chi connectivity index (χ1v) is 9.04. The van der Waals surface area contributed by atoms with Gasteiger partial charge in [0.05, 0.1) is 6.26 Å². The molecule has 0 radical (unpaired) electrons. The highest BCUT2D eigenvalue weighted by atomic mass is 32.2. The molecule has 0 aromatic carbocycles. The Morgan fingerprint density at radius 3 is 2.61 bits per heavy atom. The van der Waals surface area contributed by atoms with Crippen LogP contribution in [0, 0.1) is 11.8 Å². The molecule has 2 aliphatic rings. The molecule has 0 aromatic heterocycles. The molecule has 0 bridgehead atoms. The molecule has 2 atom stereocenters. The minimum absolute atomic E-state index is 0.540. The summed E-state index contributed by atoms with van der Waals surface area (Å²) in [4.78, 5) is 0. The Morgan fingerprint density at radius 1 is 1.33 bits per heavy atom. The van der Waals surface area contributed by atoms with Crippen molar-refractivity contribution in [1.29, 1.82) is 0 Å². The molecule has 1 N–H and O–H groups in total. The number of nitrogens with one attached hydrogen (secondary N) is 1. The Bertz CT molecular complexity index is 365. The molecule has 1 saturated carbocycles. The van der Waals surface area contributed by atoms with Crippen LogP contribution in [0.25, 0.3) is 0 Å². The van der Waals surface area contributed by atoms with E-state index < -0.39 is 10.0 Å². The average Bonchev–Trinajstić information content (AvgIpc) is 3.11. The molecule has 1 aliphatic heterocycles. The fourth-order valence-electron chi connectivity index (χ4n) is 3.08. The van der Waals surface area contributed by atoms with Crippen molar-refractivity contribution < 1.29 is 8.42 Å². The molecule has 2 rings (SSSR count). The smallest absolute Gasteiger partial charge is 0.211 e. The van der Waals surface area contributed by atoms with Gasteiger partial charge in [0.15, 0.2) is 0 Å². The lowest BCUT2D eigenvalue weighted by molar-refractivity contribution is 0.231. The van der Waals surface area contributed by atoms with E-state index in [1.807, 2.05) is 0 Å². The van der Waals surface area contributed by atoms with Crippen molar-refractivity contribution in [1.82, 2.24) is 9.62 Å². The highest BCUT2D eigenvalue weighted by Gasteiger charge is 2.34. The lowest BCUT2D eigenvalue weighted by Gasteiger charge is -2.33. The summed E-state index contributed by atoms with van der Waals surface area (Å²) in [5.74, 6) is 1.39. The van der Waals surface area contributed by atoms with Crippen LogP contribution in [0.3, 0.4) is 0 Å². The Labute approximate surface area is 111 Å². The maximum atomic E-state index is 11.6. The monoisotopic (exact) mass is 274 g/mol. The van der Waals surface area contributed by atoms with E-state index in [4.69, 9.17) is 0 Å². The Balaban J connectivity index is 1.88. The van der Waals surface area contributed by atoms with Gasteiger partial charge in [0.25, 0.3) is 0 Å². The summed E-state index contributed by atoms with van der Waals surface area (Å²) in [6.45, 7) is 4.61. The number of hydrogen-bond donors (Lipinski definition) is 1. The summed E-state index contributed by atoms with van der Waals surface area (Å²) in [6, 6.07) is 0.611. The van der Waals surface area contributed by atoms with Gasteiger partial charge in [-0.25, -0.2) is 12.7 Å². The number of rotatable bonds is 6. The van der Waals surface area contributed by atoms with Crippen molar-refractivity contribution in [2.24, 2.45) is 11.8 Å². The minimum Gasteiger partial charge on any atom is -0.314 e. The average molecular weight is 274 g/mol. The van der Waals surface area contributed by atoms with Gasteiger partial charge in [-0.2, -0.15) is 0 Å². The van der Waals surface area contributed by atoms with Crippen LogP contribution in [0.15, 0.2) is 0 Å². The van der Waals surface area contributed by atoms with Crippen LogP contribution in [0.1, 0.15) is 39.0 Å². The predicted molar refractivity (Wildman–Crippen MR) is 73.9 cm³/mol. The second-order valence-corrected chi connectivity index (χ2v) is 7.85. The molecule has 0 spiro atoms. The van der Waals surface area contributed by atoms with Gasteiger partial charge in [0.1, 0.15) is 0 Å². The van der Waals surface area contributed by atoms with Gasteiger partial charge >= 0.3 is 0 Å². The first kappa shape index (κ1) is 14.3. The molecule has 1 saturated heterocycles. The quantitative estimate of drug-likeness (QED) is 0.797. The standard InChI is InChI=1S/C13H26N2O2S/c1-3-14-13(12-6-7-12)9-11-5-4-8-15(10-11)18(2,16)17/h11-14H,3-10H2,1-2H3. The van der Waals surface area contributed by atoms with E-state index in [9.17, 15) is 8.42 Å². The van der Waals surface area contributed by atoms with E-state index in [1.54, 1.807) is 4.31 Å². The Hall–Kier alpha value is -0.130. The van der Waals surface area contributed by atoms with Gasteiger partial charge in [-0.1, -0.05) is 6.92 Å². The number of piperidine rings is 1. The third-order valence-electron chi connectivity index (χ3n) is 4.20. The van der Waals surface area contributed by atoms with Crippen LogP contribution in [-0.2, 0) is 10.0 Å². The topological polar surface area (TPSA) is 49.4 Å². The summed E-state index contributed by atoms with van der Waals surface area (Å²) >= 11 is 0. The molecule has 0 amide bonds. The normalized spacial score (nSPS) is 28.2. The molecular formula is C13H26N2O2S. The molecule has 106 valence electrons. The van der Waals surface area contributed by atoms with E-state index in [0.717, 1.165) is 31.8 Å². The maximum absolute atomic E-state index is 11.6. The van der Waals surface area contributed by atoms with Gasteiger partial charge in [0, 0.05) is 19.1 Å². The summed E-state index contributed by atoms with van der Waals surface area (Å²) < 4.78 is 24.9. The zero-order chi connectivity index (χ0) is 13.2. The fourth-order valence-corrected chi connectivity index (χ4v) is 4.03. The van der Waals surface area contributed by atoms with Gasteiger partial charge in [-0.05, 0) is 50.5 Å². The minimum atomic E-state index is -3.00. The van der Waals surface area contributed by atoms with Crippen LogP contribution in [0.5, 0.6) is 0 Å². The largest absolute Gasteiger partial charge is 0.314 e. The molecular weight excluding hydrogens is 248 g/mol. The van der Waals surface area contributed by atoms with Crippen molar-refractivity contribution in [2.75, 3.05) is 25.9 Å². The molecule has 2 fully saturated rings. The molecule has 1 heterocycles. The van der Waals surface area contributed by atoms with Crippen molar-refractivity contribution in [2.45, 2.75) is 45.1 Å². The zero-order valence-electron chi connectivity index (χ0n) is 11.6. The number of hydrogen-bond acceptors (Lipinski definition) is 3. The zero-order valence-corrected chi connectivity index (χ0v) is 12.4. The van der Waals surface area contributed by atoms with Crippen LogP contribution >= 0.6 is 0 Å². The molecule has 1 aliphatic carbocycles. The van der Waals surface area contributed by atoms with Crippen molar-refractivity contribution in [3.8, 4) is 0 Å². The van der Waals surface area contributed by atoms with Crippen LogP contribution < -0.4 is 5.32 Å². The SMILES string of the molecule is CCNC(CC1CCCN(S(C)(=O)=O)C1)C1CC1. The van der Waals surface area contributed by atoms with E-state index in [0.29, 0.717) is 18.5 Å². The lowest BCUT2D eigenvalue weighted by Crippen LogP contribution is -2.42. The Kier molecular flexibility index (Phi) is 4.67. The van der Waals surface area contributed by atoms with Gasteiger partial charge in [-0.15, -0.1) is 0 Å². The van der Waals surface area contributed by atoms with E-state index in [-0.39, 0.29) is 0 Å². The molecule has 2 unspecified atom stereocenters. The highest BCUT2D eigenvalue weighted by Crippen LogP contribution is 2.36. The molecule has 4 nitrogen and oxygen atoms in total. The Morgan fingerprint density at radius 2 is 2.06 bits per heavy atom. The van der Waals surface area contributed by atoms with Crippen LogP contribution in [0.4, 0.5) is 0 Å². The maximum Gasteiger partial charge on any atom is 0.211 e. The molecule has 0 aromatic rings. The third-order valence-corrected chi connectivity index (χ3v) is 5.47. The van der Waals surface area contributed by atoms with Crippen LogP contribution in [0.2, 0.25) is 0 Å². The van der Waals surface area contributed by atoms with Crippen molar-refractivity contribution >= 4 is 10.0 Å². The van der Waals surface area contributed by atoms with Crippen molar-refractivity contribution in [3.63, 3.8) is 0 Å². The molecule has 18 heavy (non-hydrogen) atoms. The van der Waals surface area contributed by atoms with E-state index in [1.165, 1.54) is 25.5 Å². The predicted octanol–water partition coefficient (Wildman–Crippen LogP) is 1.44. The fraction of sp³-hybridized carbons (Fsp3) is 1.00. The van der Waals surface area contributed by atoms with E-state index >= 15 is 0 Å².